The number of nitrogens with two attached hydrogens (primary N) is 1. The van der Waals surface area contributed by atoms with Gasteiger partial charge in [0.2, 0.25) is 10.0 Å². The molecule has 1 aromatic rings. The van der Waals surface area contributed by atoms with E-state index in [-0.39, 0.29) is 10.9 Å². The molecule has 1 aliphatic carbocycles. The summed E-state index contributed by atoms with van der Waals surface area (Å²) in [6.07, 6.45) is 2.64. The van der Waals surface area contributed by atoms with Crippen molar-refractivity contribution >= 4 is 15.7 Å². The average molecular weight is 298 g/mol. The number of benzene rings is 1. The van der Waals surface area contributed by atoms with Crippen molar-refractivity contribution in [3.8, 4) is 0 Å². The van der Waals surface area contributed by atoms with Gasteiger partial charge in [0.15, 0.2) is 0 Å². The highest BCUT2D eigenvalue weighted by Gasteiger charge is 2.34. The summed E-state index contributed by atoms with van der Waals surface area (Å²) >= 11 is 0. The molecule has 0 aromatic heterocycles. The fourth-order valence-electron chi connectivity index (χ4n) is 2.64. The van der Waals surface area contributed by atoms with Crippen molar-refractivity contribution < 1.29 is 13.5 Å². The summed E-state index contributed by atoms with van der Waals surface area (Å²) in [5.41, 5.74) is 7.10. The normalized spacial score (nSPS) is 24.0. The maximum atomic E-state index is 12.6. The van der Waals surface area contributed by atoms with Crippen LogP contribution in [0.5, 0.6) is 0 Å². The lowest BCUT2D eigenvalue weighted by Gasteiger charge is -2.34. The van der Waals surface area contributed by atoms with E-state index in [1.807, 2.05) is 6.92 Å². The number of hydrogen-bond acceptors (Lipinski definition) is 4. The number of nitrogens with zero attached hydrogens (tertiary/aromatic N) is 1. The largest absolute Gasteiger partial charge is 0.398 e. The van der Waals surface area contributed by atoms with Crippen LogP contribution in [0.15, 0.2) is 23.1 Å². The van der Waals surface area contributed by atoms with Gasteiger partial charge in [0.05, 0.1) is 17.0 Å². The van der Waals surface area contributed by atoms with Crippen molar-refractivity contribution in [2.75, 3.05) is 12.8 Å². The molecule has 0 bridgehead atoms. The lowest BCUT2D eigenvalue weighted by molar-refractivity contribution is 0.0638. The van der Waals surface area contributed by atoms with Crippen LogP contribution in [0.4, 0.5) is 5.69 Å². The summed E-state index contributed by atoms with van der Waals surface area (Å²) in [5.74, 6) is 0. The molecular weight excluding hydrogens is 276 g/mol. The molecule has 2 atom stereocenters. The van der Waals surface area contributed by atoms with E-state index in [2.05, 4.69) is 0 Å². The van der Waals surface area contributed by atoms with E-state index in [4.69, 9.17) is 5.73 Å². The van der Waals surface area contributed by atoms with Gasteiger partial charge in [-0.25, -0.2) is 8.42 Å². The SMILES string of the molecule is Cc1ccc(S(=O)(=O)N(C)C2CCCCC2O)cc1N. The van der Waals surface area contributed by atoms with E-state index in [1.165, 1.54) is 17.4 Å². The number of hydrogen-bond donors (Lipinski definition) is 2. The summed E-state index contributed by atoms with van der Waals surface area (Å²) in [6, 6.07) is 4.40. The number of aliphatic hydroxyl groups excluding tert-OH is 1. The molecule has 1 fully saturated rings. The second-order valence-corrected chi connectivity index (χ2v) is 7.46. The average Bonchev–Trinajstić information content (AvgIpc) is 2.41. The van der Waals surface area contributed by atoms with Crippen molar-refractivity contribution in [1.82, 2.24) is 4.31 Å². The Morgan fingerprint density at radius 3 is 2.55 bits per heavy atom. The number of nitrogen functional groups attached to an aromatic ring is 1. The zero-order chi connectivity index (χ0) is 14.9. The summed E-state index contributed by atoms with van der Waals surface area (Å²) in [5, 5.41) is 10.0. The Balaban J connectivity index is 2.31. The van der Waals surface area contributed by atoms with Gasteiger partial charge in [0.1, 0.15) is 0 Å². The van der Waals surface area contributed by atoms with Gasteiger partial charge in [0, 0.05) is 12.7 Å². The highest BCUT2D eigenvalue weighted by Crippen LogP contribution is 2.28. The van der Waals surface area contributed by atoms with Gasteiger partial charge < -0.3 is 10.8 Å². The van der Waals surface area contributed by atoms with Gasteiger partial charge in [-0.05, 0) is 37.5 Å². The molecule has 2 rings (SSSR count). The Morgan fingerprint density at radius 1 is 1.30 bits per heavy atom. The first kappa shape index (κ1) is 15.3. The van der Waals surface area contributed by atoms with Crippen LogP contribution in [0.1, 0.15) is 31.2 Å². The zero-order valence-electron chi connectivity index (χ0n) is 11.9. The standard InChI is InChI=1S/C14H22N2O3S/c1-10-7-8-11(9-12(10)15)20(18,19)16(2)13-5-3-4-6-14(13)17/h7-9,13-14,17H,3-6,15H2,1-2H3. The first-order valence-corrected chi connectivity index (χ1v) is 8.30. The van der Waals surface area contributed by atoms with Crippen molar-refractivity contribution in [2.45, 2.75) is 49.6 Å². The van der Waals surface area contributed by atoms with Gasteiger partial charge in [-0.15, -0.1) is 0 Å². The van der Waals surface area contributed by atoms with Gasteiger partial charge >= 0.3 is 0 Å². The number of aryl methyl sites for hydroxylation is 1. The number of aliphatic hydroxyl groups is 1. The van der Waals surface area contributed by atoms with E-state index in [1.54, 1.807) is 12.1 Å². The molecule has 1 aromatic carbocycles. The molecular formula is C14H22N2O3S. The number of anilines is 1. The highest BCUT2D eigenvalue weighted by atomic mass is 32.2. The molecule has 2 unspecified atom stereocenters. The van der Waals surface area contributed by atoms with Crippen LogP contribution in [0.25, 0.3) is 0 Å². The van der Waals surface area contributed by atoms with Gasteiger partial charge in [-0.1, -0.05) is 18.9 Å². The van der Waals surface area contributed by atoms with Crippen LogP contribution < -0.4 is 5.73 Å². The molecule has 112 valence electrons. The van der Waals surface area contributed by atoms with Crippen molar-refractivity contribution in [3.05, 3.63) is 23.8 Å². The molecule has 0 radical (unpaired) electrons. The van der Waals surface area contributed by atoms with Crippen molar-refractivity contribution in [3.63, 3.8) is 0 Å². The maximum absolute atomic E-state index is 12.6. The van der Waals surface area contributed by atoms with Crippen molar-refractivity contribution in [1.29, 1.82) is 0 Å². The molecule has 6 heteroatoms. The first-order valence-electron chi connectivity index (χ1n) is 6.86. The molecule has 20 heavy (non-hydrogen) atoms. The Kier molecular flexibility index (Phi) is 4.36. The third kappa shape index (κ3) is 2.82. The maximum Gasteiger partial charge on any atom is 0.243 e. The van der Waals surface area contributed by atoms with Crippen LogP contribution in [0.3, 0.4) is 0 Å². The summed E-state index contributed by atoms with van der Waals surface area (Å²) < 4.78 is 26.5. The van der Waals surface area contributed by atoms with Crippen LogP contribution in [0, 0.1) is 6.92 Å². The van der Waals surface area contributed by atoms with E-state index in [9.17, 15) is 13.5 Å². The van der Waals surface area contributed by atoms with Crippen LogP contribution >= 0.6 is 0 Å². The highest BCUT2D eigenvalue weighted by molar-refractivity contribution is 7.89. The fourth-order valence-corrected chi connectivity index (χ4v) is 4.09. The van der Waals surface area contributed by atoms with E-state index in [0.717, 1.165) is 18.4 Å². The lowest BCUT2D eigenvalue weighted by Crippen LogP contribution is -2.46. The van der Waals surface area contributed by atoms with Crippen molar-refractivity contribution in [2.24, 2.45) is 0 Å². The van der Waals surface area contributed by atoms with E-state index < -0.39 is 16.1 Å². The topological polar surface area (TPSA) is 83.6 Å². The third-order valence-corrected chi connectivity index (χ3v) is 5.97. The van der Waals surface area contributed by atoms with Gasteiger partial charge in [-0.2, -0.15) is 4.31 Å². The molecule has 5 nitrogen and oxygen atoms in total. The number of sulfonamides is 1. The molecule has 1 aliphatic rings. The molecule has 1 saturated carbocycles. The Hall–Kier alpha value is -1.11. The Morgan fingerprint density at radius 2 is 1.95 bits per heavy atom. The summed E-state index contributed by atoms with van der Waals surface area (Å²) in [7, 11) is -2.09. The number of likely N-dealkylation sites (N-methyl/N-ethyl adjacent to an activating group) is 1. The predicted molar refractivity (Wildman–Crippen MR) is 78.8 cm³/mol. The monoisotopic (exact) mass is 298 g/mol. The Bertz CT molecular complexity index is 586. The van der Waals surface area contributed by atoms with Crippen LogP contribution in [-0.2, 0) is 10.0 Å². The third-order valence-electron chi connectivity index (χ3n) is 4.09. The summed E-state index contributed by atoms with van der Waals surface area (Å²) in [4.78, 5) is 0.181. The van der Waals surface area contributed by atoms with Gasteiger partial charge in [0.25, 0.3) is 0 Å². The quantitative estimate of drug-likeness (QED) is 0.828. The van der Waals surface area contributed by atoms with Crippen LogP contribution in [0.2, 0.25) is 0 Å². The van der Waals surface area contributed by atoms with Gasteiger partial charge in [-0.3, -0.25) is 0 Å². The second-order valence-electron chi connectivity index (χ2n) is 5.46. The predicted octanol–water partition coefficient (Wildman–Crippen LogP) is 1.50. The minimum Gasteiger partial charge on any atom is -0.398 e. The molecule has 3 N–H and O–H groups in total. The molecule has 0 heterocycles. The number of rotatable bonds is 3. The minimum atomic E-state index is -3.62. The van der Waals surface area contributed by atoms with E-state index >= 15 is 0 Å². The lowest BCUT2D eigenvalue weighted by atomic mass is 9.93. The van der Waals surface area contributed by atoms with E-state index in [0.29, 0.717) is 18.5 Å². The smallest absolute Gasteiger partial charge is 0.243 e. The summed E-state index contributed by atoms with van der Waals surface area (Å²) in [6.45, 7) is 1.83. The zero-order valence-corrected chi connectivity index (χ0v) is 12.7. The molecule has 0 saturated heterocycles. The molecule has 0 spiro atoms. The van der Waals surface area contributed by atoms with Crippen LogP contribution in [-0.4, -0.2) is 37.0 Å². The Labute approximate surface area is 120 Å². The first-order chi connectivity index (χ1) is 9.34. The molecule has 0 aliphatic heterocycles. The fraction of sp³-hybridized carbons (Fsp3) is 0.571. The molecule has 0 amide bonds. The minimum absolute atomic E-state index is 0.181. The second kappa shape index (κ2) is 5.71.